The number of thiazole rings is 1. The van der Waals surface area contributed by atoms with Gasteiger partial charge in [-0.1, -0.05) is 12.1 Å². The minimum Gasteiger partial charge on any atom is -0.473 e. The van der Waals surface area contributed by atoms with Crippen molar-refractivity contribution in [2.75, 3.05) is 23.4 Å². The summed E-state index contributed by atoms with van der Waals surface area (Å²) in [5.74, 6) is 0.273. The number of alkyl halides is 3. The molecule has 1 N–H and O–H groups in total. The summed E-state index contributed by atoms with van der Waals surface area (Å²) in [6.45, 7) is 2.24. The van der Waals surface area contributed by atoms with Crippen LogP contribution in [0.25, 0.3) is 11.3 Å². The van der Waals surface area contributed by atoms with E-state index in [0.717, 1.165) is 17.8 Å². The van der Waals surface area contributed by atoms with Crippen LogP contribution in [0.15, 0.2) is 35.8 Å². The quantitative estimate of drug-likeness (QED) is 0.665. The predicted molar refractivity (Wildman–Crippen MR) is 101 cm³/mol. The Morgan fingerprint density at radius 2 is 2.14 bits per heavy atom. The van der Waals surface area contributed by atoms with E-state index in [1.54, 1.807) is 5.38 Å². The monoisotopic (exact) mass is 421 g/mol. The standard InChI is InChI=1S/C18H14F3N5O2S/c1-10-9-29-16(23-10)25-17(27)26-5-6-28-15-14(26)24-13(8-22-15)11-3-2-4-12(7-11)18(19,20)21/h2-4,7-9H,5-6H2,1H3,(H,23,25,27). The van der Waals surface area contributed by atoms with Crippen LogP contribution in [0.4, 0.5) is 28.9 Å². The summed E-state index contributed by atoms with van der Waals surface area (Å²) in [6, 6.07) is 4.29. The van der Waals surface area contributed by atoms with Gasteiger partial charge in [0, 0.05) is 10.9 Å². The molecule has 3 aromatic rings. The molecule has 0 bridgehead atoms. The van der Waals surface area contributed by atoms with Gasteiger partial charge in [0.15, 0.2) is 5.13 Å². The molecule has 0 unspecified atom stereocenters. The van der Waals surface area contributed by atoms with Gasteiger partial charge in [0.05, 0.1) is 29.7 Å². The summed E-state index contributed by atoms with van der Waals surface area (Å²) in [5.41, 5.74) is 0.415. The summed E-state index contributed by atoms with van der Waals surface area (Å²) in [5, 5.41) is 4.92. The molecule has 3 heterocycles. The lowest BCUT2D eigenvalue weighted by molar-refractivity contribution is -0.137. The zero-order chi connectivity index (χ0) is 20.6. The van der Waals surface area contributed by atoms with Gasteiger partial charge in [-0.3, -0.25) is 10.2 Å². The van der Waals surface area contributed by atoms with Crippen LogP contribution < -0.4 is 15.0 Å². The van der Waals surface area contributed by atoms with Gasteiger partial charge in [-0.15, -0.1) is 11.3 Å². The third kappa shape index (κ3) is 3.99. The van der Waals surface area contributed by atoms with E-state index in [9.17, 15) is 18.0 Å². The number of nitrogens with one attached hydrogen (secondary N) is 1. The molecule has 0 radical (unpaired) electrons. The van der Waals surface area contributed by atoms with E-state index in [-0.39, 0.29) is 36.1 Å². The lowest BCUT2D eigenvalue weighted by atomic mass is 10.1. The number of benzene rings is 1. The van der Waals surface area contributed by atoms with Crippen molar-refractivity contribution in [3.05, 3.63) is 47.1 Å². The van der Waals surface area contributed by atoms with E-state index in [4.69, 9.17) is 4.74 Å². The Morgan fingerprint density at radius 1 is 1.31 bits per heavy atom. The Hall–Kier alpha value is -3.21. The molecule has 0 aliphatic carbocycles. The van der Waals surface area contributed by atoms with E-state index in [0.29, 0.717) is 5.13 Å². The van der Waals surface area contributed by atoms with E-state index in [1.165, 1.54) is 34.6 Å². The topological polar surface area (TPSA) is 80.2 Å². The number of carbonyl (C=O) groups is 1. The second-order valence-electron chi connectivity index (χ2n) is 6.19. The Bertz CT molecular complexity index is 1070. The minimum absolute atomic E-state index is 0.136. The number of nitrogens with zero attached hydrogens (tertiary/aromatic N) is 4. The van der Waals surface area contributed by atoms with E-state index in [1.807, 2.05) is 6.92 Å². The van der Waals surface area contributed by atoms with Crippen LogP contribution >= 0.6 is 11.3 Å². The molecule has 2 amide bonds. The fourth-order valence-corrected chi connectivity index (χ4v) is 3.43. The average molecular weight is 421 g/mol. The number of hydrogen-bond donors (Lipinski definition) is 1. The first-order valence-corrected chi connectivity index (χ1v) is 9.37. The van der Waals surface area contributed by atoms with Crippen LogP contribution in [0.5, 0.6) is 5.88 Å². The summed E-state index contributed by atoms with van der Waals surface area (Å²) >= 11 is 1.28. The SMILES string of the molecule is Cc1csc(NC(=O)N2CCOc3ncc(-c4cccc(C(F)(F)F)c4)nc32)n1. The number of anilines is 2. The van der Waals surface area contributed by atoms with Crippen molar-refractivity contribution in [2.24, 2.45) is 0 Å². The summed E-state index contributed by atoms with van der Waals surface area (Å²) in [7, 11) is 0. The fourth-order valence-electron chi connectivity index (χ4n) is 2.75. The van der Waals surface area contributed by atoms with E-state index < -0.39 is 17.8 Å². The number of ether oxygens (including phenoxy) is 1. The summed E-state index contributed by atoms with van der Waals surface area (Å²) in [4.78, 5) is 26.7. The van der Waals surface area contributed by atoms with Crippen molar-refractivity contribution < 1.29 is 22.7 Å². The highest BCUT2D eigenvalue weighted by atomic mass is 32.1. The van der Waals surface area contributed by atoms with Crippen LogP contribution in [0.1, 0.15) is 11.3 Å². The van der Waals surface area contributed by atoms with Gasteiger partial charge in [-0.2, -0.15) is 13.2 Å². The molecule has 1 aromatic carbocycles. The maximum atomic E-state index is 13.0. The van der Waals surface area contributed by atoms with Gasteiger partial charge >= 0.3 is 12.2 Å². The van der Waals surface area contributed by atoms with Crippen molar-refractivity contribution in [1.29, 1.82) is 0 Å². The second-order valence-corrected chi connectivity index (χ2v) is 7.04. The van der Waals surface area contributed by atoms with Crippen molar-refractivity contribution in [3.8, 4) is 17.1 Å². The van der Waals surface area contributed by atoms with Crippen LogP contribution in [0.2, 0.25) is 0 Å². The van der Waals surface area contributed by atoms with Crippen molar-refractivity contribution in [1.82, 2.24) is 15.0 Å². The average Bonchev–Trinajstić information content (AvgIpc) is 3.11. The number of amides is 2. The van der Waals surface area contributed by atoms with E-state index in [2.05, 4.69) is 20.3 Å². The van der Waals surface area contributed by atoms with Crippen LogP contribution in [0.3, 0.4) is 0 Å². The molecule has 0 atom stereocenters. The first kappa shape index (κ1) is 19.1. The van der Waals surface area contributed by atoms with Crippen LogP contribution in [-0.2, 0) is 6.18 Å². The Morgan fingerprint density at radius 3 is 2.86 bits per heavy atom. The third-order valence-electron chi connectivity index (χ3n) is 4.09. The predicted octanol–water partition coefficient (Wildman–Crippen LogP) is 4.36. The highest BCUT2D eigenvalue weighted by molar-refractivity contribution is 7.13. The molecular formula is C18H14F3N5O2S. The highest BCUT2D eigenvalue weighted by Crippen LogP contribution is 2.34. The zero-order valence-electron chi connectivity index (χ0n) is 15.0. The van der Waals surface area contributed by atoms with Crippen LogP contribution in [0, 0.1) is 6.92 Å². The lowest BCUT2D eigenvalue weighted by Gasteiger charge is -2.27. The molecule has 2 aromatic heterocycles. The lowest BCUT2D eigenvalue weighted by Crippen LogP contribution is -2.41. The highest BCUT2D eigenvalue weighted by Gasteiger charge is 2.31. The molecule has 11 heteroatoms. The fraction of sp³-hybridized carbons (Fsp3) is 0.222. The van der Waals surface area contributed by atoms with Gasteiger partial charge in [-0.05, 0) is 19.1 Å². The molecule has 0 saturated heterocycles. The van der Waals surface area contributed by atoms with E-state index >= 15 is 0 Å². The van der Waals surface area contributed by atoms with Crippen molar-refractivity contribution in [2.45, 2.75) is 13.1 Å². The molecular weight excluding hydrogens is 407 g/mol. The summed E-state index contributed by atoms with van der Waals surface area (Å²) < 4.78 is 44.5. The number of halogens is 3. The molecule has 0 saturated carbocycles. The number of urea groups is 1. The molecule has 0 spiro atoms. The first-order chi connectivity index (χ1) is 13.8. The number of fused-ring (bicyclic) bond motifs is 1. The van der Waals surface area contributed by atoms with Crippen LogP contribution in [-0.4, -0.2) is 34.1 Å². The number of carbonyl (C=O) groups excluding carboxylic acids is 1. The van der Waals surface area contributed by atoms with Gasteiger partial charge in [0.1, 0.15) is 6.61 Å². The molecule has 1 aliphatic heterocycles. The van der Waals surface area contributed by atoms with Gasteiger partial charge in [0.2, 0.25) is 5.82 Å². The Kier molecular flexibility index (Phi) is 4.82. The number of rotatable bonds is 2. The van der Waals surface area contributed by atoms with Gasteiger partial charge in [0.25, 0.3) is 5.88 Å². The molecule has 0 fully saturated rings. The van der Waals surface area contributed by atoms with Crippen molar-refractivity contribution >= 4 is 28.3 Å². The molecule has 150 valence electrons. The third-order valence-corrected chi connectivity index (χ3v) is 4.97. The molecule has 29 heavy (non-hydrogen) atoms. The second kappa shape index (κ2) is 7.32. The van der Waals surface area contributed by atoms with Crippen molar-refractivity contribution in [3.63, 3.8) is 0 Å². The number of aromatic nitrogens is 3. The molecule has 4 rings (SSSR count). The minimum atomic E-state index is -4.47. The largest absolute Gasteiger partial charge is 0.473 e. The maximum absolute atomic E-state index is 13.0. The maximum Gasteiger partial charge on any atom is 0.416 e. The number of hydrogen-bond acceptors (Lipinski definition) is 6. The Labute approximate surface area is 167 Å². The van der Waals surface area contributed by atoms with Gasteiger partial charge in [-0.25, -0.2) is 19.7 Å². The Balaban J connectivity index is 1.66. The summed E-state index contributed by atoms with van der Waals surface area (Å²) in [6.07, 6.45) is -3.15. The first-order valence-electron chi connectivity index (χ1n) is 8.49. The molecule has 7 nitrogen and oxygen atoms in total. The molecule has 1 aliphatic rings. The zero-order valence-corrected chi connectivity index (χ0v) is 15.8. The normalized spacial score (nSPS) is 13.6. The smallest absolute Gasteiger partial charge is 0.416 e. The number of aryl methyl sites for hydroxylation is 1. The van der Waals surface area contributed by atoms with Gasteiger partial charge < -0.3 is 4.74 Å².